The van der Waals surface area contributed by atoms with Crippen LogP contribution in [0, 0.1) is 11.8 Å². The Labute approximate surface area is 139 Å². The molecule has 1 aromatic carbocycles. The van der Waals surface area contributed by atoms with Gasteiger partial charge in [0.1, 0.15) is 12.7 Å². The molecule has 3 atom stereocenters. The first kappa shape index (κ1) is 17.9. The van der Waals surface area contributed by atoms with Crippen molar-refractivity contribution in [3.05, 3.63) is 18.2 Å². The van der Waals surface area contributed by atoms with E-state index in [4.69, 9.17) is 14.2 Å². The van der Waals surface area contributed by atoms with Crippen LogP contribution in [0.5, 0.6) is 17.2 Å². The third-order valence-corrected chi connectivity index (χ3v) is 4.22. The monoisotopic (exact) mass is 323 g/mol. The van der Waals surface area contributed by atoms with E-state index >= 15 is 0 Å². The average molecular weight is 323 g/mol. The summed E-state index contributed by atoms with van der Waals surface area (Å²) in [5.41, 5.74) is 0. The highest BCUT2D eigenvalue weighted by Crippen LogP contribution is 2.36. The fraction of sp³-hybridized carbons (Fsp3) is 0.667. The lowest BCUT2D eigenvalue weighted by atomic mass is 9.92. The van der Waals surface area contributed by atoms with Gasteiger partial charge in [-0.05, 0) is 30.4 Å². The topological polar surface area (TPSA) is 51.2 Å². The van der Waals surface area contributed by atoms with E-state index in [1.807, 2.05) is 18.2 Å². The van der Waals surface area contributed by atoms with E-state index < -0.39 is 6.10 Å². The lowest BCUT2D eigenvalue weighted by Crippen LogP contribution is -2.44. The lowest BCUT2D eigenvalue weighted by Gasteiger charge is -2.35. The van der Waals surface area contributed by atoms with E-state index in [0.717, 1.165) is 13.1 Å². The minimum absolute atomic E-state index is 0.218. The van der Waals surface area contributed by atoms with Crippen LogP contribution in [0.25, 0.3) is 0 Å². The molecule has 5 heteroatoms. The molecule has 0 bridgehead atoms. The molecule has 0 saturated carbocycles. The van der Waals surface area contributed by atoms with Crippen LogP contribution in [0.1, 0.15) is 20.3 Å². The van der Waals surface area contributed by atoms with Gasteiger partial charge in [-0.3, -0.25) is 0 Å². The van der Waals surface area contributed by atoms with Crippen molar-refractivity contribution in [1.82, 2.24) is 4.90 Å². The molecule has 2 rings (SSSR count). The fourth-order valence-corrected chi connectivity index (χ4v) is 3.43. The molecule has 1 saturated heterocycles. The quantitative estimate of drug-likeness (QED) is 0.835. The Morgan fingerprint density at radius 2 is 1.70 bits per heavy atom. The van der Waals surface area contributed by atoms with Crippen LogP contribution in [0.4, 0.5) is 0 Å². The first-order valence-electron chi connectivity index (χ1n) is 8.27. The molecule has 23 heavy (non-hydrogen) atoms. The number of nitrogens with zero attached hydrogens (tertiary/aromatic N) is 1. The van der Waals surface area contributed by atoms with Gasteiger partial charge in [-0.1, -0.05) is 19.9 Å². The molecule has 1 aliphatic heterocycles. The van der Waals surface area contributed by atoms with Crippen LogP contribution in [-0.4, -0.2) is 56.6 Å². The second-order valence-corrected chi connectivity index (χ2v) is 6.62. The normalized spacial score (nSPS) is 23.3. The van der Waals surface area contributed by atoms with Gasteiger partial charge in [0, 0.05) is 19.6 Å². The van der Waals surface area contributed by atoms with Gasteiger partial charge in [0.25, 0.3) is 0 Å². The number of β-amino-alcohol motifs (C(OH)–C–C–N with tert-alkyl or cyclic N) is 1. The van der Waals surface area contributed by atoms with Crippen LogP contribution in [0.2, 0.25) is 0 Å². The average Bonchev–Trinajstić information content (AvgIpc) is 2.51. The molecule has 1 N–H and O–H groups in total. The first-order chi connectivity index (χ1) is 11.0. The zero-order valence-electron chi connectivity index (χ0n) is 14.6. The zero-order valence-corrected chi connectivity index (χ0v) is 14.6. The molecule has 130 valence electrons. The van der Waals surface area contributed by atoms with Gasteiger partial charge in [0.2, 0.25) is 5.75 Å². The van der Waals surface area contributed by atoms with Crippen LogP contribution in [-0.2, 0) is 0 Å². The Hall–Kier alpha value is -1.46. The van der Waals surface area contributed by atoms with Gasteiger partial charge in [0.05, 0.1) is 14.2 Å². The summed E-state index contributed by atoms with van der Waals surface area (Å²) in [6.07, 6.45) is 0.726. The number of aliphatic hydroxyl groups is 1. The van der Waals surface area contributed by atoms with Crippen LogP contribution in [0.3, 0.4) is 0 Å². The molecule has 1 heterocycles. The maximum atomic E-state index is 10.3. The third-order valence-electron chi connectivity index (χ3n) is 4.22. The van der Waals surface area contributed by atoms with E-state index in [9.17, 15) is 5.11 Å². The molecule has 0 spiro atoms. The third kappa shape index (κ3) is 5.01. The molecule has 1 aliphatic rings. The second kappa shape index (κ2) is 8.41. The van der Waals surface area contributed by atoms with Crippen molar-refractivity contribution in [2.45, 2.75) is 26.4 Å². The highest BCUT2D eigenvalue weighted by Gasteiger charge is 2.24. The van der Waals surface area contributed by atoms with Crippen molar-refractivity contribution >= 4 is 0 Å². The van der Waals surface area contributed by atoms with Gasteiger partial charge >= 0.3 is 0 Å². The molecule has 1 aromatic rings. The summed E-state index contributed by atoms with van der Waals surface area (Å²) in [6, 6.07) is 5.48. The number of hydrogen-bond acceptors (Lipinski definition) is 5. The summed E-state index contributed by atoms with van der Waals surface area (Å²) < 4.78 is 16.4. The minimum Gasteiger partial charge on any atom is -0.493 e. The summed E-state index contributed by atoms with van der Waals surface area (Å²) in [6.45, 7) is 7.47. The number of piperidine rings is 1. The minimum atomic E-state index is -0.540. The van der Waals surface area contributed by atoms with Crippen molar-refractivity contribution in [2.75, 3.05) is 40.5 Å². The van der Waals surface area contributed by atoms with Crippen molar-refractivity contribution in [3.63, 3.8) is 0 Å². The summed E-state index contributed by atoms with van der Waals surface area (Å²) in [5, 5.41) is 10.3. The molecule has 0 aromatic heterocycles. The smallest absolute Gasteiger partial charge is 0.203 e. The molecule has 0 amide bonds. The molecule has 0 aliphatic carbocycles. The Kier molecular flexibility index (Phi) is 6.54. The van der Waals surface area contributed by atoms with E-state index in [2.05, 4.69) is 18.7 Å². The number of benzene rings is 1. The Morgan fingerprint density at radius 1 is 1.13 bits per heavy atom. The number of hydrogen-bond donors (Lipinski definition) is 1. The van der Waals surface area contributed by atoms with Crippen molar-refractivity contribution in [1.29, 1.82) is 0 Å². The Morgan fingerprint density at radius 3 is 2.22 bits per heavy atom. The highest BCUT2D eigenvalue weighted by atomic mass is 16.5. The van der Waals surface area contributed by atoms with Gasteiger partial charge in [-0.2, -0.15) is 0 Å². The highest BCUT2D eigenvalue weighted by molar-refractivity contribution is 5.51. The van der Waals surface area contributed by atoms with Crippen molar-refractivity contribution in [3.8, 4) is 17.2 Å². The van der Waals surface area contributed by atoms with Crippen molar-refractivity contribution < 1.29 is 19.3 Å². The van der Waals surface area contributed by atoms with E-state index in [-0.39, 0.29) is 6.61 Å². The molecule has 0 unspecified atom stereocenters. The molecule has 0 radical (unpaired) electrons. The lowest BCUT2D eigenvalue weighted by molar-refractivity contribution is 0.0416. The van der Waals surface area contributed by atoms with Gasteiger partial charge in [-0.15, -0.1) is 0 Å². The Bertz CT molecular complexity index is 462. The molecular formula is C18H29NO4. The van der Waals surface area contributed by atoms with Crippen molar-refractivity contribution in [2.24, 2.45) is 11.8 Å². The summed E-state index contributed by atoms with van der Waals surface area (Å²) in [4.78, 5) is 2.33. The van der Waals surface area contributed by atoms with E-state index in [1.54, 1.807) is 14.2 Å². The molecular weight excluding hydrogens is 294 g/mol. The standard InChI is InChI=1S/C18H29NO4/c1-13-8-14(2)10-19(9-13)11-15(20)12-23-18-16(21-3)6-5-7-17(18)22-4/h5-7,13-15,20H,8-12H2,1-4H3/t13-,14-,15+/m1/s1. The number of ether oxygens (including phenoxy) is 3. The summed E-state index contributed by atoms with van der Waals surface area (Å²) >= 11 is 0. The maximum Gasteiger partial charge on any atom is 0.203 e. The SMILES string of the molecule is COc1cccc(OC)c1OC[C@@H](O)CN1C[C@H](C)C[C@@H](C)C1. The number of rotatable bonds is 7. The zero-order chi connectivity index (χ0) is 16.8. The Balaban J connectivity index is 1.90. The second-order valence-electron chi connectivity index (χ2n) is 6.62. The van der Waals surface area contributed by atoms with E-state index in [0.29, 0.717) is 35.6 Å². The number of likely N-dealkylation sites (tertiary alicyclic amines) is 1. The number of para-hydroxylation sites is 1. The maximum absolute atomic E-state index is 10.3. The predicted octanol–water partition coefficient (Wildman–Crippen LogP) is 2.42. The van der Waals surface area contributed by atoms with Crippen LogP contribution < -0.4 is 14.2 Å². The largest absolute Gasteiger partial charge is 0.493 e. The van der Waals surface area contributed by atoms with Crippen LogP contribution >= 0.6 is 0 Å². The van der Waals surface area contributed by atoms with Gasteiger partial charge in [-0.25, -0.2) is 0 Å². The van der Waals surface area contributed by atoms with Gasteiger partial charge in [0.15, 0.2) is 11.5 Å². The first-order valence-corrected chi connectivity index (χ1v) is 8.27. The van der Waals surface area contributed by atoms with E-state index in [1.165, 1.54) is 6.42 Å². The number of aliphatic hydroxyl groups excluding tert-OH is 1. The van der Waals surface area contributed by atoms with Gasteiger partial charge < -0.3 is 24.2 Å². The molecule has 1 fully saturated rings. The predicted molar refractivity (Wildman–Crippen MR) is 90.4 cm³/mol. The number of methoxy groups -OCH3 is 2. The summed E-state index contributed by atoms with van der Waals surface area (Å²) in [7, 11) is 3.18. The molecule has 5 nitrogen and oxygen atoms in total. The van der Waals surface area contributed by atoms with Crippen LogP contribution in [0.15, 0.2) is 18.2 Å². The fourth-order valence-electron chi connectivity index (χ4n) is 3.43. The summed E-state index contributed by atoms with van der Waals surface area (Å²) in [5.74, 6) is 3.12.